The fraction of sp³-hybridized carbons (Fsp3) is 0.286. The van der Waals surface area contributed by atoms with Gasteiger partial charge < -0.3 is 19.8 Å². The molecule has 8 nitrogen and oxygen atoms in total. The Morgan fingerprint density at radius 3 is 2.39 bits per heavy atom. The van der Waals surface area contributed by atoms with Gasteiger partial charge in [-0.1, -0.05) is 51.1 Å². The monoisotopic (exact) mass is 536 g/mol. The molecule has 1 aliphatic heterocycles. The van der Waals surface area contributed by atoms with Crippen LogP contribution in [0, 0.1) is 5.82 Å². The second kappa shape index (κ2) is 9.85. The Kier molecular flexibility index (Phi) is 6.70. The number of sulfone groups is 1. The van der Waals surface area contributed by atoms with E-state index >= 15 is 4.39 Å². The van der Waals surface area contributed by atoms with Crippen molar-refractivity contribution in [3.05, 3.63) is 84.0 Å². The zero-order chi connectivity index (χ0) is 27.1. The third-order valence-corrected chi connectivity index (χ3v) is 8.05. The zero-order valence-electron chi connectivity index (χ0n) is 21.4. The van der Waals surface area contributed by atoms with E-state index in [9.17, 15) is 8.42 Å². The largest absolute Gasteiger partial charge is 0.457 e. The van der Waals surface area contributed by atoms with E-state index in [1.54, 1.807) is 0 Å². The molecule has 2 N–H and O–H groups in total. The minimum Gasteiger partial charge on any atom is -0.457 e. The SMILES string of the molecule is CC(C)(C)c1nnc(-c2cc3c(cc2F)S(=O)(=O)C[C@H](N)CN3Cc2ccc(Oc3ccccc3)cc2)o1. The number of rotatable bonds is 5. The predicted octanol–water partition coefficient (Wildman–Crippen LogP) is 5.09. The summed E-state index contributed by atoms with van der Waals surface area (Å²) in [6.07, 6.45) is 0. The Labute approximate surface area is 221 Å². The lowest BCUT2D eigenvalue weighted by atomic mass is 9.97. The highest BCUT2D eigenvalue weighted by atomic mass is 32.2. The van der Waals surface area contributed by atoms with Crippen molar-refractivity contribution in [2.75, 3.05) is 17.2 Å². The Morgan fingerprint density at radius 1 is 1.05 bits per heavy atom. The molecule has 1 aromatic heterocycles. The molecule has 1 aliphatic rings. The average molecular weight is 537 g/mol. The van der Waals surface area contributed by atoms with Crippen LogP contribution in [0.1, 0.15) is 32.2 Å². The summed E-state index contributed by atoms with van der Waals surface area (Å²) in [5, 5.41) is 8.08. The van der Waals surface area contributed by atoms with Crippen molar-refractivity contribution in [1.29, 1.82) is 0 Å². The normalized spacial score (nSPS) is 17.1. The van der Waals surface area contributed by atoms with E-state index in [0.29, 0.717) is 23.9 Å². The van der Waals surface area contributed by atoms with E-state index < -0.39 is 27.1 Å². The van der Waals surface area contributed by atoms with E-state index in [1.807, 2.05) is 80.3 Å². The molecular weight excluding hydrogens is 507 g/mol. The van der Waals surface area contributed by atoms with Gasteiger partial charge in [0.1, 0.15) is 17.3 Å². The summed E-state index contributed by atoms with van der Waals surface area (Å²) in [5.41, 5.74) is 7.06. The first-order valence-electron chi connectivity index (χ1n) is 12.2. The van der Waals surface area contributed by atoms with Crippen LogP contribution >= 0.6 is 0 Å². The van der Waals surface area contributed by atoms with E-state index in [1.165, 1.54) is 6.07 Å². The minimum absolute atomic E-state index is 0.0106. The van der Waals surface area contributed by atoms with Crippen LogP contribution in [0.15, 0.2) is 76.0 Å². The summed E-state index contributed by atoms with van der Waals surface area (Å²) >= 11 is 0. The van der Waals surface area contributed by atoms with Gasteiger partial charge in [-0.3, -0.25) is 0 Å². The van der Waals surface area contributed by atoms with Crippen LogP contribution in [0.5, 0.6) is 11.5 Å². The second-order valence-electron chi connectivity index (χ2n) is 10.4. The Bertz CT molecular complexity index is 1550. The Morgan fingerprint density at radius 2 is 1.74 bits per heavy atom. The number of hydrogen-bond acceptors (Lipinski definition) is 8. The van der Waals surface area contributed by atoms with E-state index in [2.05, 4.69) is 10.2 Å². The number of nitrogens with zero attached hydrogens (tertiary/aromatic N) is 3. The highest BCUT2D eigenvalue weighted by Gasteiger charge is 2.33. The molecule has 0 amide bonds. The third-order valence-electron chi connectivity index (χ3n) is 6.19. The highest BCUT2D eigenvalue weighted by molar-refractivity contribution is 7.91. The lowest BCUT2D eigenvalue weighted by Gasteiger charge is -2.26. The number of hydrogen-bond donors (Lipinski definition) is 1. The third kappa shape index (κ3) is 5.41. The van der Waals surface area contributed by atoms with Crippen LogP contribution in [0.4, 0.5) is 10.1 Å². The number of anilines is 1. The molecule has 0 aliphatic carbocycles. The van der Waals surface area contributed by atoms with Crippen LogP contribution in [-0.4, -0.2) is 37.0 Å². The molecule has 38 heavy (non-hydrogen) atoms. The molecule has 1 atom stereocenters. The van der Waals surface area contributed by atoms with Crippen molar-refractivity contribution in [2.24, 2.45) is 5.73 Å². The number of aromatic nitrogens is 2. The first-order chi connectivity index (χ1) is 18.0. The molecule has 0 unspecified atom stereocenters. The smallest absolute Gasteiger partial charge is 0.250 e. The van der Waals surface area contributed by atoms with Crippen molar-refractivity contribution in [2.45, 2.75) is 43.7 Å². The summed E-state index contributed by atoms with van der Waals surface area (Å²) in [6.45, 7) is 6.33. The van der Waals surface area contributed by atoms with Crippen LogP contribution in [0.2, 0.25) is 0 Å². The van der Waals surface area contributed by atoms with Crippen molar-refractivity contribution >= 4 is 15.5 Å². The van der Waals surface area contributed by atoms with Crippen molar-refractivity contribution in [3.63, 3.8) is 0 Å². The zero-order valence-corrected chi connectivity index (χ0v) is 22.2. The topological polar surface area (TPSA) is 112 Å². The number of halogens is 1. The van der Waals surface area contributed by atoms with Crippen molar-refractivity contribution in [3.8, 4) is 23.0 Å². The summed E-state index contributed by atoms with van der Waals surface area (Å²) in [7, 11) is -3.83. The first kappa shape index (κ1) is 25.9. The molecule has 3 aromatic carbocycles. The molecule has 198 valence electrons. The second-order valence-corrected chi connectivity index (χ2v) is 12.4. The molecule has 4 aromatic rings. The minimum atomic E-state index is -3.83. The van der Waals surface area contributed by atoms with E-state index in [4.69, 9.17) is 14.9 Å². The van der Waals surface area contributed by atoms with Crippen LogP contribution in [-0.2, 0) is 21.8 Å². The first-order valence-corrected chi connectivity index (χ1v) is 13.9. The summed E-state index contributed by atoms with van der Waals surface area (Å²) in [5.74, 6) is 0.700. The number of fused-ring (bicyclic) bond motifs is 1. The van der Waals surface area contributed by atoms with Crippen LogP contribution in [0.3, 0.4) is 0 Å². The number of nitrogens with two attached hydrogens (primary N) is 1. The van der Waals surface area contributed by atoms with Crippen LogP contribution < -0.4 is 15.4 Å². The lowest BCUT2D eigenvalue weighted by molar-refractivity contribution is 0.398. The van der Waals surface area contributed by atoms with Gasteiger partial charge in [-0.05, 0) is 42.0 Å². The van der Waals surface area contributed by atoms with Gasteiger partial charge in [0.15, 0.2) is 9.84 Å². The molecule has 10 heteroatoms. The number of benzene rings is 3. The van der Waals surface area contributed by atoms with Gasteiger partial charge in [-0.25, -0.2) is 12.8 Å². The van der Waals surface area contributed by atoms with Gasteiger partial charge >= 0.3 is 0 Å². The maximum absolute atomic E-state index is 15.3. The van der Waals surface area contributed by atoms with Gasteiger partial charge in [0, 0.05) is 24.5 Å². The molecule has 0 radical (unpaired) electrons. The molecule has 0 saturated heterocycles. The van der Waals surface area contributed by atoms with Gasteiger partial charge in [0.25, 0.3) is 5.89 Å². The molecule has 0 spiro atoms. The molecule has 2 heterocycles. The predicted molar refractivity (Wildman–Crippen MR) is 142 cm³/mol. The number of para-hydroxylation sites is 1. The van der Waals surface area contributed by atoms with Gasteiger partial charge in [0.05, 0.1) is 21.9 Å². The number of ether oxygens (including phenoxy) is 1. The molecule has 0 saturated carbocycles. The Hall–Kier alpha value is -3.76. The molecule has 0 fully saturated rings. The standard InChI is InChI=1S/C28H29FN4O4S/c1-28(2,3)27-32-31-26(37-27)22-13-24-25(14-23(22)29)38(34,35)17-19(30)16-33(24)15-18-9-11-21(12-10-18)36-20-7-5-4-6-8-20/h4-14,19H,15-17,30H2,1-3H3/t19-/m1/s1. The maximum atomic E-state index is 15.3. The summed E-state index contributed by atoms with van der Waals surface area (Å²) < 4.78 is 53.1. The molecule has 0 bridgehead atoms. The average Bonchev–Trinajstić information content (AvgIpc) is 3.33. The molecular formula is C28H29FN4O4S. The summed E-state index contributed by atoms with van der Waals surface area (Å²) in [4.78, 5) is 1.74. The lowest BCUT2D eigenvalue weighted by Crippen LogP contribution is -2.39. The van der Waals surface area contributed by atoms with Crippen LogP contribution in [0.25, 0.3) is 11.5 Å². The molecule has 5 rings (SSSR count). The maximum Gasteiger partial charge on any atom is 0.250 e. The fourth-order valence-electron chi connectivity index (χ4n) is 4.30. The summed E-state index contributed by atoms with van der Waals surface area (Å²) in [6, 6.07) is 18.8. The fourth-order valence-corrected chi connectivity index (χ4v) is 5.94. The quantitative estimate of drug-likeness (QED) is 0.376. The highest BCUT2D eigenvalue weighted by Crippen LogP contribution is 2.37. The van der Waals surface area contributed by atoms with Gasteiger partial charge in [0.2, 0.25) is 5.89 Å². The van der Waals surface area contributed by atoms with Gasteiger partial charge in [-0.15, -0.1) is 10.2 Å². The van der Waals surface area contributed by atoms with E-state index in [0.717, 1.165) is 17.4 Å². The van der Waals surface area contributed by atoms with Crippen molar-refractivity contribution in [1.82, 2.24) is 10.2 Å². The van der Waals surface area contributed by atoms with Crippen molar-refractivity contribution < 1.29 is 22.0 Å². The Balaban J connectivity index is 1.50. The van der Waals surface area contributed by atoms with E-state index in [-0.39, 0.29) is 28.6 Å². The van der Waals surface area contributed by atoms with Gasteiger partial charge in [-0.2, -0.15) is 0 Å².